The van der Waals surface area contributed by atoms with Gasteiger partial charge in [0.25, 0.3) is 5.91 Å². The van der Waals surface area contributed by atoms with Crippen molar-refractivity contribution in [3.8, 4) is 11.5 Å². The van der Waals surface area contributed by atoms with Crippen molar-refractivity contribution in [3.63, 3.8) is 0 Å². The van der Waals surface area contributed by atoms with Gasteiger partial charge in [0.1, 0.15) is 5.65 Å². The predicted molar refractivity (Wildman–Crippen MR) is 143 cm³/mol. The van der Waals surface area contributed by atoms with Gasteiger partial charge in [-0.2, -0.15) is 0 Å². The van der Waals surface area contributed by atoms with Gasteiger partial charge >= 0.3 is 0 Å². The molecular formula is C30H35N5O. The maximum Gasteiger partial charge on any atom is 0.253 e. The molecule has 1 saturated heterocycles. The minimum absolute atomic E-state index is 0.167. The number of hydrogen-bond acceptors (Lipinski definition) is 3. The lowest BCUT2D eigenvalue weighted by Gasteiger charge is -2.45. The number of rotatable bonds is 4. The van der Waals surface area contributed by atoms with Crippen LogP contribution >= 0.6 is 0 Å². The molecule has 0 unspecified atom stereocenters. The van der Waals surface area contributed by atoms with E-state index in [2.05, 4.69) is 39.3 Å². The second kappa shape index (κ2) is 8.46. The molecule has 0 bridgehead atoms. The molecule has 3 fully saturated rings. The van der Waals surface area contributed by atoms with Crippen LogP contribution in [0.1, 0.15) is 68.1 Å². The number of imidazole rings is 1. The Labute approximate surface area is 212 Å². The summed E-state index contributed by atoms with van der Waals surface area (Å²) in [6.45, 7) is 2.78. The van der Waals surface area contributed by atoms with E-state index in [0.717, 1.165) is 71.1 Å². The maximum atomic E-state index is 13.6. The molecule has 6 heteroatoms. The number of carbonyl (C=O) groups is 1. The molecule has 1 amide bonds. The summed E-state index contributed by atoms with van der Waals surface area (Å²) >= 11 is 0. The molecule has 186 valence electrons. The lowest BCUT2D eigenvalue weighted by molar-refractivity contribution is 0.0384. The van der Waals surface area contributed by atoms with Gasteiger partial charge in [0.15, 0.2) is 5.82 Å². The second-order valence-corrected chi connectivity index (χ2v) is 11.6. The van der Waals surface area contributed by atoms with Gasteiger partial charge in [0, 0.05) is 43.8 Å². The van der Waals surface area contributed by atoms with Crippen LogP contribution in [0.5, 0.6) is 0 Å². The van der Waals surface area contributed by atoms with Crippen LogP contribution in [-0.4, -0.2) is 43.0 Å². The average molecular weight is 482 g/mol. The average Bonchev–Trinajstić information content (AvgIpc) is 3.58. The maximum absolute atomic E-state index is 13.6. The molecule has 0 atom stereocenters. The Morgan fingerprint density at radius 2 is 1.89 bits per heavy atom. The monoisotopic (exact) mass is 481 g/mol. The summed E-state index contributed by atoms with van der Waals surface area (Å²) < 4.78 is 4.51. The number of aryl methyl sites for hydroxylation is 1. The first-order valence-electron chi connectivity index (χ1n) is 13.8. The van der Waals surface area contributed by atoms with Crippen LogP contribution in [-0.2, 0) is 13.6 Å². The minimum Gasteiger partial charge on any atom is -0.338 e. The number of nitrogens with zero attached hydrogens (tertiary/aromatic N) is 5. The number of aromatic nitrogens is 4. The van der Waals surface area contributed by atoms with Gasteiger partial charge in [-0.1, -0.05) is 19.3 Å². The Hall–Kier alpha value is -3.15. The van der Waals surface area contributed by atoms with Crippen LogP contribution in [0.4, 0.5) is 0 Å². The number of likely N-dealkylation sites (tertiary alicyclic amines) is 1. The molecule has 2 saturated carbocycles. The molecule has 4 aromatic rings. The number of fused-ring (bicyclic) bond motifs is 2. The molecule has 36 heavy (non-hydrogen) atoms. The molecule has 1 aliphatic heterocycles. The Balaban J connectivity index is 1.23. The van der Waals surface area contributed by atoms with Gasteiger partial charge in [0.05, 0.1) is 16.7 Å². The largest absolute Gasteiger partial charge is 0.338 e. The second-order valence-electron chi connectivity index (χ2n) is 11.6. The van der Waals surface area contributed by atoms with E-state index in [0.29, 0.717) is 5.41 Å². The molecule has 7 rings (SSSR count). The van der Waals surface area contributed by atoms with Gasteiger partial charge in [-0.25, -0.2) is 9.97 Å². The summed E-state index contributed by atoms with van der Waals surface area (Å²) in [4.78, 5) is 25.5. The summed E-state index contributed by atoms with van der Waals surface area (Å²) in [5.74, 6) is 1.84. The summed E-state index contributed by atoms with van der Waals surface area (Å²) in [6, 6.07) is 12.4. The number of amides is 1. The topological polar surface area (TPSA) is 56.0 Å². The van der Waals surface area contributed by atoms with Crippen LogP contribution in [0.15, 0.2) is 42.6 Å². The van der Waals surface area contributed by atoms with E-state index in [1.54, 1.807) is 0 Å². The van der Waals surface area contributed by atoms with Crippen LogP contribution in [0.2, 0.25) is 0 Å². The third kappa shape index (κ3) is 3.73. The van der Waals surface area contributed by atoms with Crippen molar-refractivity contribution >= 4 is 28.0 Å². The van der Waals surface area contributed by atoms with Gasteiger partial charge in [0.2, 0.25) is 0 Å². The fourth-order valence-corrected chi connectivity index (χ4v) is 6.85. The molecule has 0 N–H and O–H groups in total. The van der Waals surface area contributed by atoms with Crippen molar-refractivity contribution in [1.29, 1.82) is 0 Å². The lowest BCUT2D eigenvalue weighted by Crippen LogP contribution is -2.46. The zero-order valence-electron chi connectivity index (χ0n) is 21.2. The van der Waals surface area contributed by atoms with Crippen molar-refractivity contribution in [2.24, 2.45) is 18.4 Å². The Morgan fingerprint density at radius 3 is 2.72 bits per heavy atom. The van der Waals surface area contributed by atoms with E-state index >= 15 is 0 Å². The number of piperidine rings is 1. The standard InChI is InChI=1S/C30H35N5O/c1-33-25-11-10-23(29(36)34-16-6-14-30(20-34)12-3-2-4-13-30)17-24(25)32-28(33)26-18-22-7-5-15-31-27(22)35(26)19-21-8-9-21/h5,7,10-11,15,17-18,21H,2-4,6,8-9,12-14,16,19-20H2,1H3. The molecule has 3 aromatic heterocycles. The van der Waals surface area contributed by atoms with Crippen LogP contribution in [0, 0.1) is 11.3 Å². The first-order valence-corrected chi connectivity index (χ1v) is 13.8. The quantitative estimate of drug-likeness (QED) is 0.349. The zero-order chi connectivity index (χ0) is 24.3. The van der Waals surface area contributed by atoms with Crippen LogP contribution < -0.4 is 0 Å². The minimum atomic E-state index is 0.167. The smallest absolute Gasteiger partial charge is 0.253 e. The van der Waals surface area contributed by atoms with Crippen molar-refractivity contribution in [2.75, 3.05) is 13.1 Å². The van der Waals surface area contributed by atoms with Crippen molar-refractivity contribution in [1.82, 2.24) is 24.0 Å². The molecule has 2 aliphatic carbocycles. The van der Waals surface area contributed by atoms with E-state index in [-0.39, 0.29) is 5.91 Å². The van der Waals surface area contributed by atoms with E-state index in [1.165, 1.54) is 51.4 Å². The Kier molecular flexibility index (Phi) is 5.19. The number of pyridine rings is 1. The van der Waals surface area contributed by atoms with Crippen LogP contribution in [0.25, 0.3) is 33.6 Å². The molecular weight excluding hydrogens is 446 g/mol. The summed E-state index contributed by atoms with van der Waals surface area (Å²) in [5.41, 5.74) is 5.21. The highest BCUT2D eigenvalue weighted by Crippen LogP contribution is 2.43. The number of benzene rings is 1. The first-order chi connectivity index (χ1) is 17.6. The molecule has 1 aromatic carbocycles. The highest BCUT2D eigenvalue weighted by Gasteiger charge is 2.38. The van der Waals surface area contributed by atoms with E-state index in [4.69, 9.17) is 9.97 Å². The molecule has 3 aliphatic rings. The van der Waals surface area contributed by atoms with Gasteiger partial charge < -0.3 is 14.0 Å². The third-order valence-electron chi connectivity index (χ3n) is 9.01. The molecule has 0 radical (unpaired) electrons. The Morgan fingerprint density at radius 1 is 1.06 bits per heavy atom. The number of hydrogen-bond donors (Lipinski definition) is 0. The first kappa shape index (κ1) is 22.1. The molecule has 1 spiro atoms. The summed E-state index contributed by atoms with van der Waals surface area (Å²) in [6.07, 6.45) is 13.4. The van der Waals surface area contributed by atoms with Crippen molar-refractivity contribution in [2.45, 2.75) is 64.3 Å². The highest BCUT2D eigenvalue weighted by molar-refractivity contribution is 5.98. The SMILES string of the molecule is Cn1c(-c2cc3cccnc3n2CC2CC2)nc2cc(C(=O)N3CCCC4(CCCCC4)C3)ccc21. The van der Waals surface area contributed by atoms with Crippen LogP contribution in [0.3, 0.4) is 0 Å². The fourth-order valence-electron chi connectivity index (χ4n) is 6.85. The van der Waals surface area contributed by atoms with Gasteiger partial charge in [-0.05, 0) is 86.3 Å². The normalized spacial score (nSPS) is 20.0. The predicted octanol–water partition coefficient (Wildman–Crippen LogP) is 6.19. The van der Waals surface area contributed by atoms with Gasteiger partial charge in [-0.15, -0.1) is 0 Å². The summed E-state index contributed by atoms with van der Waals surface area (Å²) in [7, 11) is 2.08. The fraction of sp³-hybridized carbons (Fsp3) is 0.500. The zero-order valence-corrected chi connectivity index (χ0v) is 21.2. The van der Waals surface area contributed by atoms with Crippen molar-refractivity contribution < 1.29 is 4.79 Å². The van der Waals surface area contributed by atoms with Crippen molar-refractivity contribution in [3.05, 3.63) is 48.2 Å². The van der Waals surface area contributed by atoms with Gasteiger partial charge in [-0.3, -0.25) is 4.79 Å². The Bertz CT molecular complexity index is 1450. The highest BCUT2D eigenvalue weighted by atomic mass is 16.2. The van der Waals surface area contributed by atoms with E-state index < -0.39 is 0 Å². The third-order valence-corrected chi connectivity index (χ3v) is 9.01. The molecule has 4 heterocycles. The van der Waals surface area contributed by atoms with E-state index in [9.17, 15) is 4.79 Å². The lowest BCUT2D eigenvalue weighted by atomic mass is 9.69. The summed E-state index contributed by atoms with van der Waals surface area (Å²) in [5, 5.41) is 1.15. The molecule has 6 nitrogen and oxygen atoms in total. The van der Waals surface area contributed by atoms with E-state index in [1.807, 2.05) is 24.4 Å². The number of carbonyl (C=O) groups excluding carboxylic acids is 1.